The highest BCUT2D eigenvalue weighted by atomic mass is 16.5. The maximum atomic E-state index is 12.7. The topological polar surface area (TPSA) is 56.1 Å². The van der Waals surface area contributed by atoms with Crippen LogP contribution in [0.3, 0.4) is 0 Å². The Morgan fingerprint density at radius 2 is 1.92 bits per heavy atom. The molecule has 1 aromatic heterocycles. The number of rotatable bonds is 5. The second kappa shape index (κ2) is 7.98. The van der Waals surface area contributed by atoms with Crippen LogP contribution >= 0.6 is 0 Å². The molecule has 25 heavy (non-hydrogen) atoms. The molecule has 1 aliphatic rings. The van der Waals surface area contributed by atoms with Gasteiger partial charge in [0.25, 0.3) is 5.91 Å². The van der Waals surface area contributed by atoms with E-state index in [9.17, 15) is 4.79 Å². The predicted molar refractivity (Wildman–Crippen MR) is 94.1 cm³/mol. The first-order valence-corrected chi connectivity index (χ1v) is 8.45. The smallest absolute Gasteiger partial charge is 0.254 e. The predicted octanol–water partition coefficient (Wildman–Crippen LogP) is 0.640. The van der Waals surface area contributed by atoms with Gasteiger partial charge in [0.05, 0.1) is 40.4 Å². The molecule has 0 bridgehead atoms. The summed E-state index contributed by atoms with van der Waals surface area (Å²) in [5.41, 5.74) is 1.87. The Morgan fingerprint density at radius 3 is 2.56 bits per heavy atom. The van der Waals surface area contributed by atoms with Crippen LogP contribution in [0.4, 0.5) is 0 Å². The maximum absolute atomic E-state index is 12.7. The average molecular weight is 342 g/mol. The van der Waals surface area contributed by atoms with E-state index in [2.05, 4.69) is 11.1 Å². The van der Waals surface area contributed by atoms with Gasteiger partial charge in [0, 0.05) is 23.5 Å². The first-order valence-electron chi connectivity index (χ1n) is 8.45. The Labute approximate surface area is 148 Å². The van der Waals surface area contributed by atoms with Crippen LogP contribution in [0.25, 0.3) is 0 Å². The Balaban J connectivity index is 1.60. The summed E-state index contributed by atoms with van der Waals surface area (Å²) in [6, 6.07) is 9.37. The zero-order valence-electron chi connectivity index (χ0n) is 14.7. The molecule has 0 aliphatic carbocycles. The Bertz CT molecular complexity index is 713. The van der Waals surface area contributed by atoms with Crippen LogP contribution in [-0.2, 0) is 6.54 Å². The van der Waals surface area contributed by atoms with E-state index in [1.165, 1.54) is 10.5 Å². The van der Waals surface area contributed by atoms with Gasteiger partial charge in [-0.2, -0.15) is 0 Å². The molecule has 0 saturated carbocycles. The largest absolute Gasteiger partial charge is 0.493 e. The fourth-order valence-electron chi connectivity index (χ4n) is 3.15. The summed E-state index contributed by atoms with van der Waals surface area (Å²) < 4.78 is 10.5. The van der Waals surface area contributed by atoms with Crippen molar-refractivity contribution in [3.05, 3.63) is 53.9 Å². The fourth-order valence-corrected chi connectivity index (χ4v) is 3.15. The summed E-state index contributed by atoms with van der Waals surface area (Å²) in [7, 11) is 3.16. The van der Waals surface area contributed by atoms with Crippen LogP contribution < -0.4 is 14.4 Å². The van der Waals surface area contributed by atoms with Crippen molar-refractivity contribution in [2.75, 3.05) is 40.4 Å². The Morgan fingerprint density at radius 1 is 1.16 bits per heavy atom. The number of hydrogen-bond donors (Lipinski definition) is 1. The molecule has 132 valence electrons. The SMILES string of the molecule is COc1ccc(C(=O)N2CC[NH+](Cc3cccnc3)CC2)cc1OC. The Hall–Kier alpha value is -2.60. The highest BCUT2D eigenvalue weighted by Gasteiger charge is 2.25. The first-order chi connectivity index (χ1) is 12.2. The lowest BCUT2D eigenvalue weighted by Gasteiger charge is -2.32. The molecule has 0 atom stereocenters. The van der Waals surface area contributed by atoms with Gasteiger partial charge in [0.15, 0.2) is 11.5 Å². The van der Waals surface area contributed by atoms with Gasteiger partial charge >= 0.3 is 0 Å². The number of piperazine rings is 1. The van der Waals surface area contributed by atoms with Gasteiger partial charge < -0.3 is 19.3 Å². The Kier molecular flexibility index (Phi) is 5.50. The molecular weight excluding hydrogens is 318 g/mol. The van der Waals surface area contributed by atoms with Gasteiger partial charge in [-0.25, -0.2) is 0 Å². The zero-order chi connectivity index (χ0) is 17.6. The molecular formula is C19H24N3O3+. The summed E-state index contributed by atoms with van der Waals surface area (Å²) in [5, 5.41) is 0. The van der Waals surface area contributed by atoms with E-state index in [1.54, 1.807) is 38.6 Å². The first kappa shape index (κ1) is 17.2. The molecule has 1 aromatic carbocycles. The third-order valence-electron chi connectivity index (χ3n) is 4.57. The number of carbonyl (C=O) groups is 1. The summed E-state index contributed by atoms with van der Waals surface area (Å²) >= 11 is 0. The van der Waals surface area contributed by atoms with Crippen LogP contribution in [0, 0.1) is 0 Å². The lowest BCUT2D eigenvalue weighted by molar-refractivity contribution is -0.917. The molecule has 1 aliphatic heterocycles. The monoisotopic (exact) mass is 342 g/mol. The van der Waals surface area contributed by atoms with E-state index >= 15 is 0 Å². The van der Waals surface area contributed by atoms with Gasteiger partial charge in [-0.3, -0.25) is 9.78 Å². The lowest BCUT2D eigenvalue weighted by atomic mass is 10.1. The number of aromatic nitrogens is 1. The molecule has 0 unspecified atom stereocenters. The number of methoxy groups -OCH3 is 2. The molecule has 1 saturated heterocycles. The molecule has 2 aromatic rings. The molecule has 0 spiro atoms. The standard InChI is InChI=1S/C19H23N3O3/c1-24-17-6-5-16(12-18(17)25-2)19(23)22-10-8-21(9-11-22)14-15-4-3-7-20-13-15/h3-7,12-13H,8-11,14H2,1-2H3/p+1. The van der Waals surface area contributed by atoms with Crippen molar-refractivity contribution in [1.29, 1.82) is 0 Å². The fraction of sp³-hybridized carbons (Fsp3) is 0.368. The van der Waals surface area contributed by atoms with E-state index in [1.807, 2.05) is 17.2 Å². The number of nitrogens with one attached hydrogen (secondary N) is 1. The molecule has 2 heterocycles. The molecule has 1 fully saturated rings. The molecule has 0 radical (unpaired) electrons. The van der Waals surface area contributed by atoms with Crippen LogP contribution in [0.1, 0.15) is 15.9 Å². The van der Waals surface area contributed by atoms with Crippen molar-refractivity contribution >= 4 is 5.91 Å². The second-order valence-electron chi connectivity index (χ2n) is 6.15. The quantitative estimate of drug-likeness (QED) is 0.866. The second-order valence-corrected chi connectivity index (χ2v) is 6.15. The molecule has 6 heteroatoms. The minimum absolute atomic E-state index is 0.0429. The average Bonchev–Trinajstić information content (AvgIpc) is 2.68. The van der Waals surface area contributed by atoms with E-state index < -0.39 is 0 Å². The summed E-state index contributed by atoms with van der Waals surface area (Å²) in [5.74, 6) is 1.25. The maximum Gasteiger partial charge on any atom is 0.254 e. The van der Waals surface area contributed by atoms with Crippen LogP contribution in [-0.4, -0.2) is 56.2 Å². The molecule has 6 nitrogen and oxygen atoms in total. The number of benzene rings is 1. The number of carbonyl (C=O) groups excluding carboxylic acids is 1. The van der Waals surface area contributed by atoms with Gasteiger partial charge in [-0.1, -0.05) is 6.07 Å². The van der Waals surface area contributed by atoms with Crippen molar-refractivity contribution in [2.45, 2.75) is 6.54 Å². The normalized spacial score (nSPS) is 15.0. The number of amides is 1. The van der Waals surface area contributed by atoms with Gasteiger partial charge in [-0.05, 0) is 24.3 Å². The highest BCUT2D eigenvalue weighted by Crippen LogP contribution is 2.28. The van der Waals surface area contributed by atoms with E-state index in [0.717, 1.165) is 32.7 Å². The third kappa shape index (κ3) is 4.09. The molecule has 1 N–H and O–H groups in total. The molecule has 3 rings (SSSR count). The van der Waals surface area contributed by atoms with Crippen LogP contribution in [0.15, 0.2) is 42.7 Å². The summed E-state index contributed by atoms with van der Waals surface area (Å²) in [4.78, 5) is 20.3. The van der Waals surface area contributed by atoms with E-state index in [4.69, 9.17) is 9.47 Å². The van der Waals surface area contributed by atoms with Crippen LogP contribution in [0.5, 0.6) is 11.5 Å². The minimum atomic E-state index is 0.0429. The van der Waals surface area contributed by atoms with Crippen molar-refractivity contribution in [3.8, 4) is 11.5 Å². The zero-order valence-corrected chi connectivity index (χ0v) is 14.7. The van der Waals surface area contributed by atoms with E-state index in [-0.39, 0.29) is 5.91 Å². The van der Waals surface area contributed by atoms with E-state index in [0.29, 0.717) is 17.1 Å². The number of pyridine rings is 1. The van der Waals surface area contributed by atoms with Crippen molar-refractivity contribution in [1.82, 2.24) is 9.88 Å². The highest BCUT2D eigenvalue weighted by molar-refractivity contribution is 5.95. The number of quaternary nitrogens is 1. The number of nitrogens with zero attached hydrogens (tertiary/aromatic N) is 2. The van der Waals surface area contributed by atoms with Crippen molar-refractivity contribution in [3.63, 3.8) is 0 Å². The lowest BCUT2D eigenvalue weighted by Crippen LogP contribution is -3.13. The van der Waals surface area contributed by atoms with Gasteiger partial charge in [0.1, 0.15) is 6.54 Å². The molecule has 1 amide bonds. The van der Waals surface area contributed by atoms with Crippen LogP contribution in [0.2, 0.25) is 0 Å². The number of hydrogen-bond acceptors (Lipinski definition) is 4. The third-order valence-corrected chi connectivity index (χ3v) is 4.57. The van der Waals surface area contributed by atoms with Crippen molar-refractivity contribution in [2.24, 2.45) is 0 Å². The number of ether oxygens (including phenoxy) is 2. The van der Waals surface area contributed by atoms with Gasteiger partial charge in [0.2, 0.25) is 0 Å². The summed E-state index contributed by atoms with van der Waals surface area (Å²) in [6.45, 7) is 4.33. The van der Waals surface area contributed by atoms with Gasteiger partial charge in [-0.15, -0.1) is 0 Å². The minimum Gasteiger partial charge on any atom is -0.493 e. The van der Waals surface area contributed by atoms with Crippen molar-refractivity contribution < 1.29 is 19.2 Å². The summed E-state index contributed by atoms with van der Waals surface area (Å²) in [6.07, 6.45) is 3.70.